The molecule has 1 fully saturated rings. The second-order valence-electron chi connectivity index (χ2n) is 7.51. The van der Waals surface area contributed by atoms with Gasteiger partial charge in [0.2, 0.25) is 17.6 Å². The van der Waals surface area contributed by atoms with Crippen molar-refractivity contribution in [1.29, 1.82) is 0 Å². The van der Waals surface area contributed by atoms with Gasteiger partial charge in [-0.25, -0.2) is 4.85 Å². The molecule has 160 valence electrons. The first-order chi connectivity index (χ1) is 15.4. The van der Waals surface area contributed by atoms with Crippen molar-refractivity contribution in [1.82, 2.24) is 15.5 Å². The Hall–Kier alpha value is -4.32. The first-order valence-electron chi connectivity index (χ1n) is 9.94. The Morgan fingerprint density at radius 1 is 1.12 bits per heavy atom. The fourth-order valence-electron chi connectivity index (χ4n) is 3.89. The average Bonchev–Trinajstić information content (AvgIpc) is 3.14. The molecular formula is C23H18N4O5. The first kappa shape index (κ1) is 20.9. The van der Waals surface area contributed by atoms with Gasteiger partial charge in [0.05, 0.1) is 6.57 Å². The number of nitrogens with one attached hydrogen (secondary N) is 2. The molecule has 0 spiro atoms. The smallest absolute Gasteiger partial charge is 0.292 e. The van der Waals surface area contributed by atoms with Crippen LogP contribution in [0.4, 0.5) is 5.69 Å². The van der Waals surface area contributed by atoms with Gasteiger partial charge in [-0.15, -0.1) is 0 Å². The van der Waals surface area contributed by atoms with Gasteiger partial charge in [0, 0.05) is 30.6 Å². The molecule has 0 radical (unpaired) electrons. The number of nitrogens with zero attached hydrogens (tertiary/aromatic N) is 2. The molecule has 1 atom stereocenters. The van der Waals surface area contributed by atoms with Crippen LogP contribution in [0.5, 0.6) is 0 Å². The maximum atomic E-state index is 12.9. The van der Waals surface area contributed by atoms with Gasteiger partial charge in [-0.2, -0.15) is 0 Å². The van der Waals surface area contributed by atoms with Crippen LogP contribution < -0.4 is 10.6 Å². The Kier molecular flexibility index (Phi) is 5.52. The predicted molar refractivity (Wildman–Crippen MR) is 111 cm³/mol. The highest BCUT2D eigenvalue weighted by molar-refractivity contribution is 6.42. The summed E-state index contributed by atoms with van der Waals surface area (Å²) < 4.78 is 0. The van der Waals surface area contributed by atoms with E-state index in [4.69, 9.17) is 6.57 Å². The zero-order chi connectivity index (χ0) is 22.8. The number of hydrogen-bond donors (Lipinski definition) is 2. The maximum absolute atomic E-state index is 12.9. The standard InChI is InChI=1S/C23H18N4O5/c1-24-15-7-5-13(6-8-15)20(29)22(31)25-11-14-3-2-4-16-17(14)12-27(23(16)32)18-9-10-19(28)26-21(18)30/h2-8,18H,9-12H2,(H,25,31)(H,26,28,30). The second-order valence-corrected chi connectivity index (χ2v) is 7.51. The van der Waals surface area contributed by atoms with Gasteiger partial charge in [0.25, 0.3) is 11.8 Å². The van der Waals surface area contributed by atoms with Crippen molar-refractivity contribution in [2.24, 2.45) is 0 Å². The number of Topliss-reactive ketones (excluding diaryl/α,β-unsaturated/α-hetero) is 1. The van der Waals surface area contributed by atoms with E-state index in [-0.39, 0.29) is 43.3 Å². The number of rotatable bonds is 5. The number of imide groups is 1. The van der Waals surface area contributed by atoms with Crippen LogP contribution in [-0.2, 0) is 27.5 Å². The molecule has 9 nitrogen and oxygen atoms in total. The molecule has 1 saturated heterocycles. The Bertz CT molecular complexity index is 1200. The summed E-state index contributed by atoms with van der Waals surface area (Å²) in [6.45, 7) is 7.15. The van der Waals surface area contributed by atoms with Crippen molar-refractivity contribution < 1.29 is 24.0 Å². The minimum absolute atomic E-state index is 0.0321. The van der Waals surface area contributed by atoms with Crippen molar-refractivity contribution in [3.63, 3.8) is 0 Å². The molecular weight excluding hydrogens is 412 g/mol. The molecule has 0 saturated carbocycles. The normalized spacial score (nSPS) is 17.4. The third kappa shape index (κ3) is 3.86. The van der Waals surface area contributed by atoms with Crippen molar-refractivity contribution >= 4 is 35.1 Å². The van der Waals surface area contributed by atoms with E-state index in [0.717, 1.165) is 0 Å². The van der Waals surface area contributed by atoms with Gasteiger partial charge in [-0.3, -0.25) is 29.3 Å². The van der Waals surface area contributed by atoms with E-state index in [2.05, 4.69) is 15.5 Å². The Morgan fingerprint density at radius 3 is 2.56 bits per heavy atom. The number of amides is 4. The van der Waals surface area contributed by atoms with E-state index in [1.54, 1.807) is 18.2 Å². The van der Waals surface area contributed by atoms with Crippen molar-refractivity contribution in [3.05, 3.63) is 76.1 Å². The molecule has 0 aliphatic carbocycles. The number of benzene rings is 2. The van der Waals surface area contributed by atoms with E-state index in [0.29, 0.717) is 22.4 Å². The van der Waals surface area contributed by atoms with E-state index in [1.807, 2.05) is 0 Å². The van der Waals surface area contributed by atoms with Crippen LogP contribution in [-0.4, -0.2) is 40.4 Å². The van der Waals surface area contributed by atoms with Crippen LogP contribution in [0.3, 0.4) is 0 Å². The highest BCUT2D eigenvalue weighted by Gasteiger charge is 2.39. The average molecular weight is 430 g/mol. The molecule has 2 N–H and O–H groups in total. The Morgan fingerprint density at radius 2 is 1.88 bits per heavy atom. The number of fused-ring (bicyclic) bond motifs is 1. The van der Waals surface area contributed by atoms with Crippen LogP contribution in [0.25, 0.3) is 4.85 Å². The van der Waals surface area contributed by atoms with Gasteiger partial charge < -0.3 is 10.2 Å². The van der Waals surface area contributed by atoms with Crippen LogP contribution in [0.1, 0.15) is 44.7 Å². The summed E-state index contributed by atoms with van der Waals surface area (Å²) in [7, 11) is 0. The van der Waals surface area contributed by atoms with Gasteiger partial charge in [-0.1, -0.05) is 36.4 Å². The minimum Gasteiger partial charge on any atom is -0.345 e. The molecule has 2 aromatic rings. The van der Waals surface area contributed by atoms with Crippen LogP contribution >= 0.6 is 0 Å². The third-order valence-electron chi connectivity index (χ3n) is 5.58. The quantitative estimate of drug-likeness (QED) is 0.323. The van der Waals surface area contributed by atoms with Gasteiger partial charge in [0.1, 0.15) is 6.04 Å². The minimum atomic E-state index is -0.801. The highest BCUT2D eigenvalue weighted by Crippen LogP contribution is 2.29. The summed E-state index contributed by atoms with van der Waals surface area (Å²) in [6, 6.07) is 10.1. The molecule has 2 aliphatic rings. The third-order valence-corrected chi connectivity index (χ3v) is 5.58. The van der Waals surface area contributed by atoms with E-state index in [9.17, 15) is 24.0 Å². The van der Waals surface area contributed by atoms with Gasteiger partial charge in [-0.05, 0) is 23.6 Å². The Labute approximate surface area is 183 Å². The number of ketones is 1. The summed E-state index contributed by atoms with van der Waals surface area (Å²) in [4.78, 5) is 65.8. The summed E-state index contributed by atoms with van der Waals surface area (Å²) in [5.74, 6) is -2.68. The molecule has 1 unspecified atom stereocenters. The predicted octanol–water partition coefficient (Wildman–Crippen LogP) is 1.50. The molecule has 2 aromatic carbocycles. The van der Waals surface area contributed by atoms with Crippen LogP contribution in [0.2, 0.25) is 0 Å². The fraction of sp³-hybridized carbons (Fsp3) is 0.217. The maximum Gasteiger partial charge on any atom is 0.292 e. The molecule has 2 heterocycles. The number of hydrogen-bond acceptors (Lipinski definition) is 5. The number of carbonyl (C=O) groups excluding carboxylic acids is 5. The summed E-state index contributed by atoms with van der Waals surface area (Å²) in [5, 5.41) is 4.84. The molecule has 2 aliphatic heterocycles. The van der Waals surface area contributed by atoms with Crippen LogP contribution in [0.15, 0.2) is 42.5 Å². The second kappa shape index (κ2) is 8.43. The van der Waals surface area contributed by atoms with Crippen molar-refractivity contribution in [2.45, 2.75) is 32.0 Å². The SMILES string of the molecule is [C-]#[N+]c1ccc(C(=O)C(=O)NCc2cccc3c2CN(C2CCC(=O)NC2=O)C3=O)cc1. The summed E-state index contributed by atoms with van der Waals surface area (Å²) >= 11 is 0. The first-order valence-corrected chi connectivity index (χ1v) is 9.94. The van der Waals surface area contributed by atoms with Gasteiger partial charge >= 0.3 is 0 Å². The zero-order valence-electron chi connectivity index (χ0n) is 16.9. The number of carbonyl (C=O) groups is 5. The molecule has 0 bridgehead atoms. The highest BCUT2D eigenvalue weighted by atomic mass is 16.2. The van der Waals surface area contributed by atoms with Gasteiger partial charge in [0.15, 0.2) is 5.69 Å². The molecule has 4 amide bonds. The lowest BCUT2D eigenvalue weighted by Gasteiger charge is -2.29. The lowest BCUT2D eigenvalue weighted by molar-refractivity contribution is -0.136. The van der Waals surface area contributed by atoms with E-state index >= 15 is 0 Å². The summed E-state index contributed by atoms with van der Waals surface area (Å²) in [6.07, 6.45) is 0.426. The fourth-order valence-corrected chi connectivity index (χ4v) is 3.89. The molecule has 0 aromatic heterocycles. The molecule has 4 rings (SSSR count). The van der Waals surface area contributed by atoms with E-state index < -0.39 is 23.6 Å². The largest absolute Gasteiger partial charge is 0.345 e. The monoisotopic (exact) mass is 430 g/mol. The summed E-state index contributed by atoms with van der Waals surface area (Å²) in [5.41, 5.74) is 2.31. The molecule has 32 heavy (non-hydrogen) atoms. The van der Waals surface area contributed by atoms with Crippen molar-refractivity contribution in [3.8, 4) is 0 Å². The van der Waals surface area contributed by atoms with E-state index in [1.165, 1.54) is 29.2 Å². The van der Waals surface area contributed by atoms with Crippen molar-refractivity contribution in [2.75, 3.05) is 0 Å². The lowest BCUT2D eigenvalue weighted by atomic mass is 10.0. The lowest BCUT2D eigenvalue weighted by Crippen LogP contribution is -2.52. The zero-order valence-corrected chi connectivity index (χ0v) is 16.9. The molecule has 9 heteroatoms. The van der Waals surface area contributed by atoms with Crippen LogP contribution in [0, 0.1) is 6.57 Å². The topological polar surface area (TPSA) is 117 Å². The Balaban J connectivity index is 1.46. The number of piperidine rings is 1.